The highest BCUT2D eigenvalue weighted by Crippen LogP contribution is 2.32. The van der Waals surface area contributed by atoms with Crippen LogP contribution in [0.3, 0.4) is 0 Å². The summed E-state index contributed by atoms with van der Waals surface area (Å²) in [5.41, 5.74) is 3.67. The fourth-order valence-corrected chi connectivity index (χ4v) is 2.28. The molecule has 112 valence electrons. The minimum absolute atomic E-state index is 0.265. The highest BCUT2D eigenvalue weighted by molar-refractivity contribution is 5.51. The van der Waals surface area contributed by atoms with Gasteiger partial charge in [0, 0.05) is 5.56 Å². The van der Waals surface area contributed by atoms with Gasteiger partial charge in [-0.25, -0.2) is 0 Å². The normalized spacial score (nSPS) is 12.2. The first kappa shape index (κ1) is 16.6. The van der Waals surface area contributed by atoms with E-state index in [1.807, 2.05) is 13.8 Å². The van der Waals surface area contributed by atoms with Crippen LogP contribution in [0.1, 0.15) is 56.7 Å². The molecule has 1 aromatic carbocycles. The zero-order chi connectivity index (χ0) is 15.3. The first-order valence-electron chi connectivity index (χ1n) is 7.49. The third-order valence-electron chi connectivity index (χ3n) is 3.94. The van der Waals surface area contributed by atoms with Gasteiger partial charge in [0.1, 0.15) is 11.5 Å². The van der Waals surface area contributed by atoms with Crippen LogP contribution in [0.5, 0.6) is 11.5 Å². The Morgan fingerprint density at radius 1 is 1.20 bits per heavy atom. The Kier molecular flexibility index (Phi) is 6.12. The van der Waals surface area contributed by atoms with Crippen molar-refractivity contribution in [3.8, 4) is 11.5 Å². The lowest BCUT2D eigenvalue weighted by Gasteiger charge is -2.11. The van der Waals surface area contributed by atoms with Crippen LogP contribution < -0.4 is 0 Å². The summed E-state index contributed by atoms with van der Waals surface area (Å²) in [6.07, 6.45) is 6.40. The average Bonchev–Trinajstić information content (AvgIpc) is 2.38. The number of aromatic hydroxyl groups is 2. The second-order valence-corrected chi connectivity index (χ2v) is 6.19. The Hall–Kier alpha value is -1.44. The van der Waals surface area contributed by atoms with E-state index in [-0.39, 0.29) is 5.75 Å². The third kappa shape index (κ3) is 4.59. The van der Waals surface area contributed by atoms with Crippen molar-refractivity contribution < 1.29 is 10.2 Å². The van der Waals surface area contributed by atoms with Crippen LogP contribution in [0, 0.1) is 19.8 Å². The summed E-state index contributed by atoms with van der Waals surface area (Å²) in [6.45, 7) is 10.3. The lowest BCUT2D eigenvalue weighted by atomic mass is 9.99. The fourth-order valence-electron chi connectivity index (χ4n) is 2.28. The topological polar surface area (TPSA) is 40.5 Å². The molecular weight excluding hydrogens is 248 g/mol. The molecule has 0 unspecified atom stereocenters. The second-order valence-electron chi connectivity index (χ2n) is 6.19. The SMILES string of the molecule is C/C(=C\Cc1cc(O)c(C)c(C)c1O)CCCC(C)C. The van der Waals surface area contributed by atoms with E-state index in [4.69, 9.17) is 0 Å². The molecule has 0 amide bonds. The van der Waals surface area contributed by atoms with Crippen molar-refractivity contribution >= 4 is 0 Å². The molecule has 0 radical (unpaired) electrons. The van der Waals surface area contributed by atoms with Crippen molar-refractivity contribution in [1.29, 1.82) is 0 Å². The highest BCUT2D eigenvalue weighted by atomic mass is 16.3. The van der Waals surface area contributed by atoms with Crippen LogP contribution in [-0.2, 0) is 6.42 Å². The van der Waals surface area contributed by atoms with Gasteiger partial charge in [-0.3, -0.25) is 0 Å². The summed E-state index contributed by atoms with van der Waals surface area (Å²) in [7, 11) is 0. The van der Waals surface area contributed by atoms with Crippen LogP contribution in [0.2, 0.25) is 0 Å². The van der Waals surface area contributed by atoms with Gasteiger partial charge in [0.15, 0.2) is 0 Å². The Morgan fingerprint density at radius 3 is 2.45 bits per heavy atom. The quantitative estimate of drug-likeness (QED) is 0.565. The van der Waals surface area contributed by atoms with E-state index in [0.717, 1.165) is 29.0 Å². The average molecular weight is 276 g/mol. The Labute approximate surface area is 123 Å². The molecule has 0 aliphatic rings. The van der Waals surface area contributed by atoms with E-state index in [9.17, 15) is 10.2 Å². The van der Waals surface area contributed by atoms with Gasteiger partial charge in [0.05, 0.1) is 0 Å². The fraction of sp³-hybridized carbons (Fsp3) is 0.556. The van der Waals surface area contributed by atoms with Crippen molar-refractivity contribution in [2.75, 3.05) is 0 Å². The zero-order valence-electron chi connectivity index (χ0n) is 13.5. The van der Waals surface area contributed by atoms with E-state index in [1.54, 1.807) is 6.07 Å². The number of phenols is 2. The summed E-state index contributed by atoms with van der Waals surface area (Å²) in [5, 5.41) is 20.0. The first-order chi connectivity index (χ1) is 9.32. The number of allylic oxidation sites excluding steroid dienone is 2. The molecular formula is C18H28O2. The van der Waals surface area contributed by atoms with Crippen LogP contribution >= 0.6 is 0 Å². The zero-order valence-corrected chi connectivity index (χ0v) is 13.5. The molecule has 0 atom stereocenters. The number of hydrogen-bond donors (Lipinski definition) is 2. The van der Waals surface area contributed by atoms with Gasteiger partial charge in [-0.05, 0) is 63.1 Å². The summed E-state index contributed by atoms with van der Waals surface area (Å²) >= 11 is 0. The van der Waals surface area contributed by atoms with Crippen LogP contribution in [0.15, 0.2) is 17.7 Å². The number of benzene rings is 1. The van der Waals surface area contributed by atoms with Gasteiger partial charge in [-0.15, -0.1) is 0 Å². The molecule has 2 N–H and O–H groups in total. The second kappa shape index (κ2) is 7.37. The summed E-state index contributed by atoms with van der Waals surface area (Å²) in [6, 6.07) is 1.68. The molecule has 0 saturated heterocycles. The van der Waals surface area contributed by atoms with Gasteiger partial charge < -0.3 is 10.2 Å². The molecule has 0 aliphatic heterocycles. The number of hydrogen-bond acceptors (Lipinski definition) is 2. The number of rotatable bonds is 6. The predicted molar refractivity (Wildman–Crippen MR) is 85.4 cm³/mol. The van der Waals surface area contributed by atoms with Gasteiger partial charge in [0.2, 0.25) is 0 Å². The molecule has 0 heterocycles. The maximum atomic E-state index is 10.1. The van der Waals surface area contributed by atoms with E-state index in [1.165, 1.54) is 18.4 Å². The van der Waals surface area contributed by atoms with Crippen molar-refractivity contribution in [3.63, 3.8) is 0 Å². The lowest BCUT2D eigenvalue weighted by molar-refractivity contribution is 0.448. The third-order valence-corrected chi connectivity index (χ3v) is 3.94. The van der Waals surface area contributed by atoms with Crippen molar-refractivity contribution in [2.45, 2.75) is 60.3 Å². The van der Waals surface area contributed by atoms with Gasteiger partial charge in [0.25, 0.3) is 0 Å². The van der Waals surface area contributed by atoms with Crippen LogP contribution in [0.4, 0.5) is 0 Å². The molecule has 2 nitrogen and oxygen atoms in total. The standard InChI is InChI=1S/C18H28O2/c1-12(2)7-6-8-13(3)9-10-16-11-17(19)14(4)15(5)18(16)20/h9,11-12,19-20H,6-8,10H2,1-5H3/b13-9+. The molecule has 1 rings (SSSR count). The Morgan fingerprint density at radius 2 is 1.85 bits per heavy atom. The van der Waals surface area contributed by atoms with Gasteiger partial charge >= 0.3 is 0 Å². The van der Waals surface area contributed by atoms with Gasteiger partial charge in [-0.1, -0.05) is 31.9 Å². The summed E-state index contributed by atoms with van der Waals surface area (Å²) < 4.78 is 0. The Bertz CT molecular complexity index is 485. The maximum Gasteiger partial charge on any atom is 0.122 e. The van der Waals surface area contributed by atoms with Gasteiger partial charge in [-0.2, -0.15) is 0 Å². The minimum atomic E-state index is 0.265. The maximum absolute atomic E-state index is 10.1. The van der Waals surface area contributed by atoms with Crippen molar-refractivity contribution in [3.05, 3.63) is 34.4 Å². The Balaban J connectivity index is 2.70. The van der Waals surface area contributed by atoms with E-state index >= 15 is 0 Å². The molecule has 20 heavy (non-hydrogen) atoms. The molecule has 0 fully saturated rings. The molecule has 0 spiro atoms. The van der Waals surface area contributed by atoms with Crippen LogP contribution in [0.25, 0.3) is 0 Å². The first-order valence-corrected chi connectivity index (χ1v) is 7.49. The van der Waals surface area contributed by atoms with Crippen LogP contribution in [-0.4, -0.2) is 10.2 Å². The smallest absolute Gasteiger partial charge is 0.122 e. The van der Waals surface area contributed by atoms with Crippen molar-refractivity contribution in [1.82, 2.24) is 0 Å². The molecule has 0 aliphatic carbocycles. The lowest BCUT2D eigenvalue weighted by Crippen LogP contribution is -1.92. The molecule has 1 aromatic rings. The minimum Gasteiger partial charge on any atom is -0.508 e. The summed E-state index contributed by atoms with van der Waals surface area (Å²) in [4.78, 5) is 0. The van der Waals surface area contributed by atoms with E-state index in [0.29, 0.717) is 12.2 Å². The molecule has 0 saturated carbocycles. The highest BCUT2D eigenvalue weighted by Gasteiger charge is 2.10. The molecule has 2 heteroatoms. The molecule has 0 bridgehead atoms. The number of phenolic OH excluding ortho intramolecular Hbond substituents is 2. The monoisotopic (exact) mass is 276 g/mol. The molecule has 0 aromatic heterocycles. The largest absolute Gasteiger partial charge is 0.508 e. The van der Waals surface area contributed by atoms with Crippen molar-refractivity contribution in [2.24, 2.45) is 5.92 Å². The van der Waals surface area contributed by atoms with E-state index in [2.05, 4.69) is 26.8 Å². The predicted octanol–water partition coefficient (Wildman–Crippen LogP) is 5.03. The van der Waals surface area contributed by atoms with E-state index < -0.39 is 0 Å². The summed E-state index contributed by atoms with van der Waals surface area (Å²) in [5.74, 6) is 1.33.